The minimum atomic E-state index is -0.473. The molecule has 7 nitrogen and oxygen atoms in total. The van der Waals surface area contributed by atoms with Crippen LogP contribution in [0, 0.1) is 0 Å². The van der Waals surface area contributed by atoms with Gasteiger partial charge in [0.15, 0.2) is 11.5 Å². The number of likely N-dealkylation sites (tertiary alicyclic amines) is 1. The summed E-state index contributed by atoms with van der Waals surface area (Å²) in [5.74, 6) is 0.729. The molecule has 0 aromatic carbocycles. The quantitative estimate of drug-likeness (QED) is 0.775. The number of hydrogen-bond donors (Lipinski definition) is 1. The lowest BCUT2D eigenvalue weighted by Crippen LogP contribution is -2.44. The minimum absolute atomic E-state index is 0.222. The second-order valence-corrected chi connectivity index (χ2v) is 8.73. The Hall–Kier alpha value is -2.09. The number of rotatable bonds is 3. The van der Waals surface area contributed by atoms with E-state index in [1.165, 1.54) is 0 Å². The van der Waals surface area contributed by atoms with Gasteiger partial charge in [0.25, 0.3) is 0 Å². The molecule has 0 saturated carbocycles. The molecular weight excluding hydrogens is 410 g/mol. The van der Waals surface area contributed by atoms with E-state index in [0.717, 1.165) is 40.2 Å². The van der Waals surface area contributed by atoms with E-state index in [9.17, 15) is 4.79 Å². The molecule has 0 bridgehead atoms. The molecule has 3 rings (SSSR count). The zero-order chi connectivity index (χ0) is 19.8. The predicted octanol–water partition coefficient (Wildman–Crippen LogP) is 4.34. The highest BCUT2D eigenvalue weighted by Gasteiger charge is 2.27. The molecule has 8 heteroatoms. The molecule has 0 radical (unpaired) electrons. The number of nitrogens with zero attached hydrogens (tertiary/aromatic N) is 4. The second kappa shape index (κ2) is 7.50. The van der Waals surface area contributed by atoms with Crippen LogP contribution in [0.1, 0.15) is 46.2 Å². The lowest BCUT2D eigenvalue weighted by Gasteiger charge is -2.33. The number of anilines is 1. The molecule has 0 atom stereocenters. The highest BCUT2D eigenvalue weighted by atomic mass is 79.9. The first-order chi connectivity index (χ1) is 12.6. The zero-order valence-corrected chi connectivity index (χ0v) is 17.8. The van der Waals surface area contributed by atoms with Crippen molar-refractivity contribution in [2.45, 2.75) is 52.2 Å². The van der Waals surface area contributed by atoms with Gasteiger partial charge in [-0.05, 0) is 62.0 Å². The Labute approximate surface area is 167 Å². The molecule has 146 valence electrons. The van der Waals surface area contributed by atoms with Crippen LogP contribution in [-0.2, 0) is 4.74 Å². The van der Waals surface area contributed by atoms with Crippen molar-refractivity contribution in [1.82, 2.24) is 19.3 Å². The van der Waals surface area contributed by atoms with Crippen molar-refractivity contribution in [1.29, 1.82) is 0 Å². The first-order valence-corrected chi connectivity index (χ1v) is 9.87. The van der Waals surface area contributed by atoms with E-state index >= 15 is 0 Å². The second-order valence-electron chi connectivity index (χ2n) is 7.92. The van der Waals surface area contributed by atoms with Crippen LogP contribution in [0.4, 0.5) is 10.6 Å². The lowest BCUT2D eigenvalue weighted by molar-refractivity contribution is 0.0210. The van der Waals surface area contributed by atoms with E-state index in [4.69, 9.17) is 4.74 Å². The third-order valence-corrected chi connectivity index (χ3v) is 4.77. The summed E-state index contributed by atoms with van der Waals surface area (Å²) in [7, 11) is 0. The Morgan fingerprint density at radius 1 is 1.37 bits per heavy atom. The fourth-order valence-corrected chi connectivity index (χ4v) is 3.48. The smallest absolute Gasteiger partial charge is 0.410 e. The van der Waals surface area contributed by atoms with Gasteiger partial charge < -0.3 is 15.0 Å². The number of ether oxygens (including phenoxy) is 1. The third kappa shape index (κ3) is 4.61. The van der Waals surface area contributed by atoms with Crippen LogP contribution in [0.25, 0.3) is 11.2 Å². The Morgan fingerprint density at radius 2 is 2.04 bits per heavy atom. The van der Waals surface area contributed by atoms with Crippen molar-refractivity contribution < 1.29 is 9.53 Å². The Bertz CT molecular complexity index is 863. The summed E-state index contributed by atoms with van der Waals surface area (Å²) in [6.07, 6.45) is 5.11. The fraction of sp³-hybridized carbons (Fsp3) is 0.526. The number of halogens is 1. The van der Waals surface area contributed by atoms with Crippen molar-refractivity contribution in [2.24, 2.45) is 0 Å². The largest absolute Gasteiger partial charge is 0.444 e. The molecule has 27 heavy (non-hydrogen) atoms. The van der Waals surface area contributed by atoms with Gasteiger partial charge in [-0.25, -0.2) is 14.8 Å². The monoisotopic (exact) mass is 435 g/mol. The van der Waals surface area contributed by atoms with Crippen molar-refractivity contribution in [3.05, 3.63) is 29.3 Å². The van der Waals surface area contributed by atoms with Gasteiger partial charge in [0.2, 0.25) is 0 Å². The SMILES string of the molecule is C=C(C)c1cnc2c(NC3CCN(C(=O)OC(C)(C)C)CC3)nc(Br)cn12. The number of carbonyl (C=O) groups excluding carboxylic acids is 1. The number of fused-ring (bicyclic) bond motifs is 1. The number of carbonyl (C=O) groups is 1. The van der Waals surface area contributed by atoms with Gasteiger partial charge in [-0.2, -0.15) is 0 Å². The molecule has 2 aromatic rings. The van der Waals surface area contributed by atoms with Gasteiger partial charge in [-0.15, -0.1) is 0 Å². The number of allylic oxidation sites excluding steroid dienone is 1. The van der Waals surface area contributed by atoms with E-state index in [-0.39, 0.29) is 12.1 Å². The van der Waals surface area contributed by atoms with Crippen molar-refractivity contribution >= 4 is 39.1 Å². The molecule has 0 aliphatic carbocycles. The van der Waals surface area contributed by atoms with Crippen LogP contribution in [-0.4, -0.2) is 50.1 Å². The first kappa shape index (κ1) is 19.7. The van der Waals surface area contributed by atoms with Gasteiger partial charge in [-0.1, -0.05) is 6.58 Å². The summed E-state index contributed by atoms with van der Waals surface area (Å²) in [6.45, 7) is 12.9. The van der Waals surface area contributed by atoms with E-state index in [2.05, 4.69) is 37.8 Å². The van der Waals surface area contributed by atoms with Gasteiger partial charge in [0, 0.05) is 25.3 Å². The Morgan fingerprint density at radius 3 is 2.63 bits per heavy atom. The first-order valence-electron chi connectivity index (χ1n) is 9.08. The van der Waals surface area contributed by atoms with Crippen LogP contribution in [0.5, 0.6) is 0 Å². The number of hydrogen-bond acceptors (Lipinski definition) is 5. The molecule has 1 saturated heterocycles. The number of aromatic nitrogens is 3. The maximum Gasteiger partial charge on any atom is 0.410 e. The topological polar surface area (TPSA) is 71.8 Å². The number of imidazole rings is 1. The minimum Gasteiger partial charge on any atom is -0.444 e. The van der Waals surface area contributed by atoms with Gasteiger partial charge in [0.05, 0.1) is 11.9 Å². The normalized spacial score (nSPS) is 15.8. The summed E-state index contributed by atoms with van der Waals surface area (Å²) in [6, 6.07) is 0.222. The molecular formula is C19H26BrN5O2. The van der Waals surface area contributed by atoms with Crippen LogP contribution in [0.15, 0.2) is 23.6 Å². The standard InChI is InChI=1S/C19H26BrN5O2/c1-12(2)14-10-21-17-16(23-15(20)11-25(14)17)22-13-6-8-24(9-7-13)18(26)27-19(3,4)5/h10-11,13H,1,6-9H2,2-5H3,(H,22,23). The van der Waals surface area contributed by atoms with Crippen LogP contribution in [0.2, 0.25) is 0 Å². The highest BCUT2D eigenvalue weighted by Crippen LogP contribution is 2.25. The zero-order valence-electron chi connectivity index (χ0n) is 16.3. The molecule has 1 fully saturated rings. The Kier molecular flexibility index (Phi) is 5.46. The average molecular weight is 436 g/mol. The van der Waals surface area contributed by atoms with Crippen LogP contribution < -0.4 is 5.32 Å². The van der Waals surface area contributed by atoms with E-state index in [1.54, 1.807) is 4.90 Å². The van der Waals surface area contributed by atoms with E-state index in [0.29, 0.717) is 13.1 Å². The van der Waals surface area contributed by atoms with Crippen molar-refractivity contribution in [3.63, 3.8) is 0 Å². The molecule has 1 aliphatic heterocycles. The van der Waals surface area contributed by atoms with Gasteiger partial charge in [0.1, 0.15) is 10.2 Å². The summed E-state index contributed by atoms with van der Waals surface area (Å²) in [4.78, 5) is 23.0. The predicted molar refractivity (Wildman–Crippen MR) is 110 cm³/mol. The maximum atomic E-state index is 12.2. The summed E-state index contributed by atoms with van der Waals surface area (Å²) >= 11 is 3.47. The van der Waals surface area contributed by atoms with Crippen molar-refractivity contribution in [2.75, 3.05) is 18.4 Å². The van der Waals surface area contributed by atoms with E-state index < -0.39 is 5.60 Å². The third-order valence-electron chi connectivity index (χ3n) is 4.39. The molecule has 3 heterocycles. The molecule has 1 N–H and O–H groups in total. The highest BCUT2D eigenvalue weighted by molar-refractivity contribution is 9.10. The average Bonchev–Trinajstić information content (AvgIpc) is 2.98. The number of piperidine rings is 1. The van der Waals surface area contributed by atoms with Crippen LogP contribution in [0.3, 0.4) is 0 Å². The van der Waals surface area contributed by atoms with Gasteiger partial charge in [-0.3, -0.25) is 4.40 Å². The van der Waals surface area contributed by atoms with Crippen molar-refractivity contribution in [3.8, 4) is 0 Å². The summed E-state index contributed by atoms with van der Waals surface area (Å²) < 4.78 is 8.17. The van der Waals surface area contributed by atoms with Gasteiger partial charge >= 0.3 is 6.09 Å². The molecule has 1 amide bonds. The number of nitrogens with one attached hydrogen (secondary N) is 1. The number of amides is 1. The van der Waals surface area contributed by atoms with E-state index in [1.807, 2.05) is 44.5 Å². The molecule has 0 spiro atoms. The maximum absolute atomic E-state index is 12.2. The lowest BCUT2D eigenvalue weighted by atomic mass is 10.1. The summed E-state index contributed by atoms with van der Waals surface area (Å²) in [5, 5.41) is 3.49. The fourth-order valence-electron chi connectivity index (χ4n) is 3.10. The van der Waals surface area contributed by atoms with Crippen LogP contribution >= 0.6 is 15.9 Å². The Balaban J connectivity index is 1.69. The molecule has 2 aromatic heterocycles. The molecule has 0 unspecified atom stereocenters. The molecule has 1 aliphatic rings. The summed E-state index contributed by atoms with van der Waals surface area (Å²) in [5.41, 5.74) is 2.19.